The van der Waals surface area contributed by atoms with E-state index in [0.29, 0.717) is 5.75 Å². The molecule has 0 radical (unpaired) electrons. The Labute approximate surface area is 90.4 Å². The van der Waals surface area contributed by atoms with Crippen LogP contribution in [0.1, 0.15) is 19.8 Å². The van der Waals surface area contributed by atoms with E-state index < -0.39 is 0 Å². The molecule has 0 aromatic heterocycles. The second-order valence-corrected chi connectivity index (χ2v) is 3.63. The molecule has 0 heterocycles. The number of benzene rings is 1. The van der Waals surface area contributed by atoms with Crippen molar-refractivity contribution in [2.24, 2.45) is 0 Å². The van der Waals surface area contributed by atoms with Gasteiger partial charge in [0, 0.05) is 6.07 Å². The maximum atomic E-state index is 12.8. The van der Waals surface area contributed by atoms with E-state index in [4.69, 9.17) is 4.74 Å². The number of ether oxygens (including phenoxy) is 1. The van der Waals surface area contributed by atoms with E-state index in [0.717, 1.165) is 19.4 Å². The highest BCUT2D eigenvalue weighted by molar-refractivity contribution is 5.22. The van der Waals surface area contributed by atoms with Crippen LogP contribution in [0.15, 0.2) is 24.3 Å². The smallest absolute Gasteiger partial charge is 0.126 e. The van der Waals surface area contributed by atoms with Gasteiger partial charge in [-0.25, -0.2) is 4.39 Å². The molecule has 0 aliphatic rings. The van der Waals surface area contributed by atoms with Gasteiger partial charge in [0.05, 0.1) is 6.10 Å². The van der Waals surface area contributed by atoms with Gasteiger partial charge in [0.15, 0.2) is 0 Å². The Kier molecular flexibility index (Phi) is 5.12. The molecule has 0 amide bonds. The van der Waals surface area contributed by atoms with Crippen molar-refractivity contribution in [3.05, 3.63) is 30.1 Å². The summed E-state index contributed by atoms with van der Waals surface area (Å²) in [7, 11) is 1.93. The molecule has 15 heavy (non-hydrogen) atoms. The first-order valence-corrected chi connectivity index (χ1v) is 5.29. The van der Waals surface area contributed by atoms with Crippen LogP contribution in [0, 0.1) is 5.82 Å². The summed E-state index contributed by atoms with van der Waals surface area (Å²) in [6.07, 6.45) is 2.16. The van der Waals surface area contributed by atoms with Gasteiger partial charge in [-0.2, -0.15) is 0 Å². The standard InChI is InChI=1S/C12H18FNO/c1-10(5-4-8-14-2)15-12-7-3-6-11(13)9-12/h3,6-7,9-10,14H,4-5,8H2,1-2H3. The fourth-order valence-electron chi connectivity index (χ4n) is 1.40. The van der Waals surface area contributed by atoms with Crippen molar-refractivity contribution in [2.45, 2.75) is 25.9 Å². The Morgan fingerprint density at radius 3 is 2.93 bits per heavy atom. The van der Waals surface area contributed by atoms with Crippen molar-refractivity contribution < 1.29 is 9.13 Å². The molecule has 0 aliphatic heterocycles. The average molecular weight is 211 g/mol. The topological polar surface area (TPSA) is 21.3 Å². The number of hydrogen-bond donors (Lipinski definition) is 1. The fraction of sp³-hybridized carbons (Fsp3) is 0.500. The zero-order valence-corrected chi connectivity index (χ0v) is 9.29. The molecule has 0 bridgehead atoms. The normalized spacial score (nSPS) is 12.5. The van der Waals surface area contributed by atoms with Crippen LogP contribution in [0.2, 0.25) is 0 Å². The van der Waals surface area contributed by atoms with Crippen LogP contribution >= 0.6 is 0 Å². The molecule has 0 spiro atoms. The van der Waals surface area contributed by atoms with Gasteiger partial charge in [-0.3, -0.25) is 0 Å². The molecule has 1 aromatic rings. The summed E-state index contributed by atoms with van der Waals surface area (Å²) in [6.45, 7) is 2.98. The third-order valence-electron chi connectivity index (χ3n) is 2.17. The summed E-state index contributed by atoms with van der Waals surface area (Å²) < 4.78 is 18.4. The zero-order valence-electron chi connectivity index (χ0n) is 9.29. The molecule has 1 aromatic carbocycles. The Morgan fingerprint density at radius 2 is 2.27 bits per heavy atom. The minimum atomic E-state index is -0.255. The third-order valence-corrected chi connectivity index (χ3v) is 2.17. The Bertz CT molecular complexity index is 291. The van der Waals surface area contributed by atoms with Crippen LogP contribution in [-0.2, 0) is 0 Å². The maximum Gasteiger partial charge on any atom is 0.126 e. The van der Waals surface area contributed by atoms with E-state index in [1.807, 2.05) is 14.0 Å². The average Bonchev–Trinajstić information content (AvgIpc) is 2.18. The molecule has 1 unspecified atom stereocenters. The Hall–Kier alpha value is -1.09. The highest BCUT2D eigenvalue weighted by Gasteiger charge is 2.03. The lowest BCUT2D eigenvalue weighted by Gasteiger charge is -2.14. The minimum Gasteiger partial charge on any atom is -0.491 e. The number of nitrogens with one attached hydrogen (secondary N) is 1. The van der Waals surface area contributed by atoms with E-state index in [9.17, 15) is 4.39 Å². The summed E-state index contributed by atoms with van der Waals surface area (Å²) in [5.41, 5.74) is 0. The highest BCUT2D eigenvalue weighted by atomic mass is 19.1. The van der Waals surface area contributed by atoms with E-state index in [-0.39, 0.29) is 11.9 Å². The molecular weight excluding hydrogens is 193 g/mol. The quantitative estimate of drug-likeness (QED) is 0.730. The molecule has 1 atom stereocenters. The lowest BCUT2D eigenvalue weighted by molar-refractivity contribution is 0.207. The van der Waals surface area contributed by atoms with Crippen molar-refractivity contribution in [1.29, 1.82) is 0 Å². The number of hydrogen-bond acceptors (Lipinski definition) is 2. The van der Waals surface area contributed by atoms with Crippen LogP contribution in [0.25, 0.3) is 0 Å². The zero-order chi connectivity index (χ0) is 11.1. The largest absolute Gasteiger partial charge is 0.491 e. The van der Waals surface area contributed by atoms with Crippen LogP contribution in [0.3, 0.4) is 0 Å². The molecule has 0 saturated heterocycles. The van der Waals surface area contributed by atoms with Gasteiger partial charge in [0.1, 0.15) is 11.6 Å². The Morgan fingerprint density at radius 1 is 1.47 bits per heavy atom. The van der Waals surface area contributed by atoms with Gasteiger partial charge in [0.25, 0.3) is 0 Å². The molecule has 2 nitrogen and oxygen atoms in total. The minimum absolute atomic E-state index is 0.125. The van der Waals surface area contributed by atoms with E-state index in [1.165, 1.54) is 12.1 Å². The maximum absolute atomic E-state index is 12.8. The van der Waals surface area contributed by atoms with Crippen molar-refractivity contribution in [3.8, 4) is 5.75 Å². The monoisotopic (exact) mass is 211 g/mol. The summed E-state index contributed by atoms with van der Waals surface area (Å²) in [4.78, 5) is 0. The molecule has 1 N–H and O–H groups in total. The summed E-state index contributed by atoms with van der Waals surface area (Å²) in [5.74, 6) is 0.349. The van der Waals surface area contributed by atoms with Gasteiger partial charge in [-0.15, -0.1) is 0 Å². The lowest BCUT2D eigenvalue weighted by Crippen LogP contribution is -2.15. The first-order valence-electron chi connectivity index (χ1n) is 5.29. The summed E-state index contributed by atoms with van der Waals surface area (Å²) >= 11 is 0. The molecule has 0 fully saturated rings. The first kappa shape index (κ1) is 12.0. The molecule has 1 rings (SSSR count). The lowest BCUT2D eigenvalue weighted by atomic mass is 10.2. The predicted molar refractivity (Wildman–Crippen MR) is 59.7 cm³/mol. The highest BCUT2D eigenvalue weighted by Crippen LogP contribution is 2.15. The second-order valence-electron chi connectivity index (χ2n) is 3.63. The fourth-order valence-corrected chi connectivity index (χ4v) is 1.40. The van der Waals surface area contributed by atoms with E-state index in [1.54, 1.807) is 12.1 Å². The molecule has 0 aliphatic carbocycles. The number of rotatable bonds is 6. The van der Waals surface area contributed by atoms with Crippen LogP contribution in [0.5, 0.6) is 5.75 Å². The van der Waals surface area contributed by atoms with Crippen molar-refractivity contribution in [1.82, 2.24) is 5.32 Å². The van der Waals surface area contributed by atoms with Gasteiger partial charge in [-0.05, 0) is 45.5 Å². The SMILES string of the molecule is CNCCCC(C)Oc1cccc(F)c1. The second kappa shape index (κ2) is 6.40. The Balaban J connectivity index is 2.34. The molecular formula is C12H18FNO. The van der Waals surface area contributed by atoms with Crippen LogP contribution < -0.4 is 10.1 Å². The van der Waals surface area contributed by atoms with E-state index >= 15 is 0 Å². The van der Waals surface area contributed by atoms with Gasteiger partial charge in [-0.1, -0.05) is 6.07 Å². The van der Waals surface area contributed by atoms with Gasteiger partial charge in [0.2, 0.25) is 0 Å². The van der Waals surface area contributed by atoms with Crippen LogP contribution in [-0.4, -0.2) is 19.7 Å². The van der Waals surface area contributed by atoms with Gasteiger partial charge >= 0.3 is 0 Å². The van der Waals surface area contributed by atoms with Gasteiger partial charge < -0.3 is 10.1 Å². The first-order chi connectivity index (χ1) is 7.22. The summed E-state index contributed by atoms with van der Waals surface area (Å²) in [6, 6.07) is 6.26. The molecule has 84 valence electrons. The van der Waals surface area contributed by atoms with E-state index in [2.05, 4.69) is 5.32 Å². The number of halogens is 1. The molecule has 3 heteroatoms. The van der Waals surface area contributed by atoms with Crippen molar-refractivity contribution >= 4 is 0 Å². The van der Waals surface area contributed by atoms with Crippen molar-refractivity contribution in [3.63, 3.8) is 0 Å². The summed E-state index contributed by atoms with van der Waals surface area (Å²) in [5, 5.41) is 3.08. The van der Waals surface area contributed by atoms with Crippen molar-refractivity contribution in [2.75, 3.05) is 13.6 Å². The third kappa shape index (κ3) is 4.79. The van der Waals surface area contributed by atoms with Crippen LogP contribution in [0.4, 0.5) is 4.39 Å². The molecule has 0 saturated carbocycles. The predicted octanol–water partition coefficient (Wildman–Crippen LogP) is 2.59.